The number of para-hydroxylation sites is 1. The lowest BCUT2D eigenvalue weighted by atomic mass is 9.97. The first-order valence-corrected chi connectivity index (χ1v) is 6.83. The highest BCUT2D eigenvalue weighted by atomic mass is 16.5. The summed E-state index contributed by atoms with van der Waals surface area (Å²) in [6.07, 6.45) is 4.01. The van der Waals surface area contributed by atoms with Crippen molar-refractivity contribution in [3.8, 4) is 5.75 Å². The van der Waals surface area contributed by atoms with Crippen molar-refractivity contribution in [1.82, 2.24) is 0 Å². The van der Waals surface area contributed by atoms with Gasteiger partial charge in [0.05, 0.1) is 0 Å². The van der Waals surface area contributed by atoms with Crippen LogP contribution in [0.1, 0.15) is 38.7 Å². The third-order valence-electron chi connectivity index (χ3n) is 2.97. The first-order valence-electron chi connectivity index (χ1n) is 6.83. The maximum atomic E-state index is 10.9. The molecule has 1 N–H and O–H groups in total. The van der Waals surface area contributed by atoms with Crippen LogP contribution in [0.2, 0.25) is 0 Å². The smallest absolute Gasteiger partial charge is 0.331 e. The van der Waals surface area contributed by atoms with Gasteiger partial charge in [-0.15, -0.1) is 0 Å². The van der Waals surface area contributed by atoms with E-state index < -0.39 is 5.97 Å². The topological polar surface area (TPSA) is 46.5 Å². The van der Waals surface area contributed by atoms with Crippen molar-refractivity contribution in [2.24, 2.45) is 0 Å². The van der Waals surface area contributed by atoms with Gasteiger partial charge >= 0.3 is 5.97 Å². The lowest BCUT2D eigenvalue weighted by Gasteiger charge is -2.21. The van der Waals surface area contributed by atoms with E-state index in [2.05, 4.69) is 0 Å². The van der Waals surface area contributed by atoms with Crippen LogP contribution in [0.4, 0.5) is 0 Å². The van der Waals surface area contributed by atoms with E-state index in [9.17, 15) is 4.79 Å². The Balaban J connectivity index is 0.000000861. The Bertz CT molecular complexity index is 449. The number of hydrogen-bond acceptors (Lipinski definition) is 2. The number of rotatable bonds is 3. The molecule has 1 aliphatic carbocycles. The first-order chi connectivity index (χ1) is 9.16. The Morgan fingerprint density at radius 3 is 2.63 bits per heavy atom. The van der Waals surface area contributed by atoms with Crippen molar-refractivity contribution in [2.75, 3.05) is 0 Å². The minimum Gasteiger partial charge on any atom is -0.486 e. The molecule has 0 radical (unpaired) electrons. The zero-order chi connectivity index (χ0) is 14.3. The fourth-order valence-corrected chi connectivity index (χ4v) is 2.01. The van der Waals surface area contributed by atoms with Crippen LogP contribution in [-0.2, 0) is 4.79 Å². The fourth-order valence-electron chi connectivity index (χ4n) is 2.01. The van der Waals surface area contributed by atoms with Crippen molar-refractivity contribution < 1.29 is 14.6 Å². The Morgan fingerprint density at radius 1 is 1.32 bits per heavy atom. The maximum Gasteiger partial charge on any atom is 0.331 e. The highest BCUT2D eigenvalue weighted by Crippen LogP contribution is 2.24. The predicted octanol–water partition coefficient (Wildman–Crippen LogP) is 3.96. The summed E-state index contributed by atoms with van der Waals surface area (Å²) in [7, 11) is 0. The number of carboxylic acids is 1. The van der Waals surface area contributed by atoms with Crippen LogP contribution < -0.4 is 4.74 Å². The molecule has 0 saturated heterocycles. The van der Waals surface area contributed by atoms with E-state index in [0.29, 0.717) is 12.0 Å². The van der Waals surface area contributed by atoms with Crippen LogP contribution in [0.25, 0.3) is 0 Å². The largest absolute Gasteiger partial charge is 0.486 e. The quantitative estimate of drug-likeness (QED) is 0.896. The van der Waals surface area contributed by atoms with Crippen LogP contribution >= 0.6 is 0 Å². The van der Waals surface area contributed by atoms with Crippen molar-refractivity contribution in [3.63, 3.8) is 0 Å². The van der Waals surface area contributed by atoms with Gasteiger partial charge in [-0.3, -0.25) is 0 Å². The van der Waals surface area contributed by atoms with Crippen LogP contribution in [0.15, 0.2) is 35.9 Å². The first kappa shape index (κ1) is 15.3. The minimum absolute atomic E-state index is 0.115. The number of carbonyl (C=O) groups is 1. The number of benzene rings is 1. The Morgan fingerprint density at radius 2 is 2.00 bits per heavy atom. The number of carboxylic acid groups (broad SMARTS) is 1. The van der Waals surface area contributed by atoms with Gasteiger partial charge in [0.15, 0.2) is 0 Å². The van der Waals surface area contributed by atoms with Crippen LogP contribution in [-0.4, -0.2) is 17.2 Å². The molecule has 0 heterocycles. The lowest BCUT2D eigenvalue weighted by Crippen LogP contribution is -2.20. The average Bonchev–Trinajstić information content (AvgIpc) is 2.44. The zero-order valence-electron chi connectivity index (χ0n) is 11.8. The van der Waals surface area contributed by atoms with Crippen LogP contribution in [0.3, 0.4) is 0 Å². The van der Waals surface area contributed by atoms with E-state index in [1.807, 2.05) is 45.0 Å². The molecule has 3 nitrogen and oxygen atoms in total. The number of aliphatic carboxylic acids is 1. The molecule has 0 aromatic heterocycles. The molecule has 1 atom stereocenters. The highest BCUT2D eigenvalue weighted by Gasteiger charge is 2.19. The second kappa shape index (κ2) is 7.62. The van der Waals surface area contributed by atoms with Gasteiger partial charge < -0.3 is 9.84 Å². The molecular weight excluding hydrogens is 240 g/mol. The van der Waals surface area contributed by atoms with E-state index in [4.69, 9.17) is 9.84 Å². The maximum absolute atomic E-state index is 10.9. The van der Waals surface area contributed by atoms with Gasteiger partial charge in [-0.2, -0.15) is 0 Å². The van der Waals surface area contributed by atoms with Gasteiger partial charge in [0, 0.05) is 5.57 Å². The number of aryl methyl sites for hydroxylation is 1. The van der Waals surface area contributed by atoms with Gasteiger partial charge in [-0.25, -0.2) is 4.79 Å². The van der Waals surface area contributed by atoms with Crippen LogP contribution in [0, 0.1) is 6.92 Å². The van der Waals surface area contributed by atoms with Crippen molar-refractivity contribution in [2.45, 2.75) is 46.1 Å². The van der Waals surface area contributed by atoms with E-state index in [1.54, 1.807) is 6.08 Å². The number of hydrogen-bond donors (Lipinski definition) is 1. The summed E-state index contributed by atoms with van der Waals surface area (Å²) >= 11 is 0. The summed E-state index contributed by atoms with van der Waals surface area (Å²) in [6.45, 7) is 5.99. The van der Waals surface area contributed by atoms with Crippen molar-refractivity contribution in [1.29, 1.82) is 0 Å². The van der Waals surface area contributed by atoms with Crippen molar-refractivity contribution in [3.05, 3.63) is 41.5 Å². The van der Waals surface area contributed by atoms with E-state index in [0.717, 1.165) is 24.2 Å². The molecule has 0 spiro atoms. The van der Waals surface area contributed by atoms with Crippen LogP contribution in [0.5, 0.6) is 5.75 Å². The molecule has 0 fully saturated rings. The molecule has 19 heavy (non-hydrogen) atoms. The molecule has 3 heteroatoms. The third kappa shape index (κ3) is 4.43. The molecule has 104 valence electrons. The molecule has 1 unspecified atom stereocenters. The van der Waals surface area contributed by atoms with Gasteiger partial charge in [-0.05, 0) is 43.9 Å². The molecule has 0 bridgehead atoms. The summed E-state index contributed by atoms with van der Waals surface area (Å²) in [5.41, 5.74) is 1.54. The summed E-state index contributed by atoms with van der Waals surface area (Å²) in [5, 5.41) is 8.95. The molecule has 1 aromatic rings. The van der Waals surface area contributed by atoms with E-state index in [1.165, 1.54) is 0 Å². The molecule has 0 aliphatic heterocycles. The normalized spacial score (nSPS) is 17.8. The highest BCUT2D eigenvalue weighted by molar-refractivity contribution is 5.86. The summed E-state index contributed by atoms with van der Waals surface area (Å²) < 4.78 is 5.83. The second-order valence-corrected chi connectivity index (χ2v) is 4.31. The Labute approximate surface area is 114 Å². The average molecular weight is 262 g/mol. The zero-order valence-corrected chi connectivity index (χ0v) is 11.8. The van der Waals surface area contributed by atoms with Gasteiger partial charge in [0.25, 0.3) is 0 Å². The standard InChI is InChI=1S/C14H16O3.C2H6/c1-10-5-2-3-8-13(10)17-12-7-4-6-11(9-12)14(15)16;1-2/h2-3,5,8-9,12H,4,6-7H2,1H3,(H,15,16);1-2H3. The second-order valence-electron chi connectivity index (χ2n) is 4.31. The molecular formula is C16H22O3. The minimum atomic E-state index is -0.830. The lowest BCUT2D eigenvalue weighted by molar-refractivity contribution is -0.133. The Hall–Kier alpha value is -1.77. The predicted molar refractivity (Wildman–Crippen MR) is 76.5 cm³/mol. The van der Waals surface area contributed by atoms with E-state index >= 15 is 0 Å². The molecule has 1 aliphatic rings. The molecule has 1 aromatic carbocycles. The SMILES string of the molecule is CC.Cc1ccccc1OC1C=C(C(=O)O)CCC1. The summed E-state index contributed by atoms with van der Waals surface area (Å²) in [5.74, 6) is 0.00322. The van der Waals surface area contributed by atoms with E-state index in [-0.39, 0.29) is 6.10 Å². The number of ether oxygens (including phenoxy) is 1. The molecule has 2 rings (SSSR count). The van der Waals surface area contributed by atoms with Gasteiger partial charge in [-0.1, -0.05) is 32.0 Å². The molecule has 0 saturated carbocycles. The molecule has 0 amide bonds. The summed E-state index contributed by atoms with van der Waals surface area (Å²) in [6, 6.07) is 7.78. The van der Waals surface area contributed by atoms with Gasteiger partial charge in [0.2, 0.25) is 0 Å². The third-order valence-corrected chi connectivity index (χ3v) is 2.97. The Kier molecular flexibility index (Phi) is 6.13. The van der Waals surface area contributed by atoms with Gasteiger partial charge in [0.1, 0.15) is 11.9 Å². The van der Waals surface area contributed by atoms with Crippen molar-refractivity contribution >= 4 is 5.97 Å². The fraction of sp³-hybridized carbons (Fsp3) is 0.438. The monoisotopic (exact) mass is 262 g/mol. The summed E-state index contributed by atoms with van der Waals surface area (Å²) in [4.78, 5) is 10.9.